The lowest BCUT2D eigenvalue weighted by atomic mass is 10.2. The highest BCUT2D eigenvalue weighted by Gasteiger charge is 2.07. The molecule has 1 amide bonds. The van der Waals surface area contributed by atoms with E-state index in [9.17, 15) is 4.79 Å². The molecule has 0 saturated carbocycles. The van der Waals surface area contributed by atoms with Crippen molar-refractivity contribution in [1.82, 2.24) is 5.43 Å². The van der Waals surface area contributed by atoms with Crippen molar-refractivity contribution < 1.29 is 4.79 Å². The van der Waals surface area contributed by atoms with Crippen molar-refractivity contribution in [3.63, 3.8) is 0 Å². The van der Waals surface area contributed by atoms with Crippen LogP contribution in [0.1, 0.15) is 15.9 Å². The fourth-order valence-corrected chi connectivity index (χ4v) is 1.95. The van der Waals surface area contributed by atoms with Crippen LogP contribution in [-0.4, -0.2) is 26.2 Å². The van der Waals surface area contributed by atoms with Gasteiger partial charge in [0.1, 0.15) is 0 Å². The molecule has 0 aliphatic rings. The van der Waals surface area contributed by atoms with E-state index in [1.165, 1.54) is 0 Å². The maximum absolute atomic E-state index is 11.9. The van der Waals surface area contributed by atoms with Gasteiger partial charge in [-0.3, -0.25) is 4.79 Å². The molecule has 0 heterocycles. The molecule has 0 atom stereocenters. The molecule has 1 N–H and O–H groups in total. The second-order valence-corrected chi connectivity index (χ2v) is 5.07. The maximum atomic E-state index is 11.9. The fourth-order valence-electron chi connectivity index (χ4n) is 1.73. The lowest BCUT2D eigenvalue weighted by molar-refractivity contribution is 0.0955. The number of hydrogen-bond donors (Lipinski definition) is 1. The van der Waals surface area contributed by atoms with E-state index in [4.69, 9.17) is 11.6 Å². The lowest BCUT2D eigenvalue weighted by Gasteiger charge is -2.11. The van der Waals surface area contributed by atoms with Gasteiger partial charge in [0.15, 0.2) is 0 Å². The first-order chi connectivity index (χ1) is 10.1. The largest absolute Gasteiger partial charge is 0.378 e. The van der Waals surface area contributed by atoms with E-state index in [-0.39, 0.29) is 5.91 Å². The van der Waals surface area contributed by atoms with E-state index in [0.29, 0.717) is 10.6 Å². The molecule has 0 bridgehead atoms. The number of hydrogen-bond acceptors (Lipinski definition) is 3. The van der Waals surface area contributed by atoms with Crippen LogP contribution in [0.2, 0.25) is 5.02 Å². The van der Waals surface area contributed by atoms with Crippen LogP contribution in [0.3, 0.4) is 0 Å². The molecule has 0 aromatic heterocycles. The summed E-state index contributed by atoms with van der Waals surface area (Å²) >= 11 is 5.94. The summed E-state index contributed by atoms with van der Waals surface area (Å²) in [6.45, 7) is 0. The molecule has 0 fully saturated rings. The topological polar surface area (TPSA) is 44.7 Å². The summed E-state index contributed by atoms with van der Waals surface area (Å²) < 4.78 is 0. The Morgan fingerprint density at radius 1 is 1.14 bits per heavy atom. The van der Waals surface area contributed by atoms with Crippen molar-refractivity contribution in [2.45, 2.75) is 0 Å². The molecule has 2 rings (SSSR count). The average Bonchev–Trinajstić information content (AvgIpc) is 2.48. The summed E-state index contributed by atoms with van der Waals surface area (Å²) in [6, 6.07) is 14.7. The van der Waals surface area contributed by atoms with Gasteiger partial charge in [-0.05, 0) is 29.8 Å². The summed E-state index contributed by atoms with van der Waals surface area (Å²) in [5.41, 5.74) is 4.87. The third kappa shape index (κ3) is 4.07. The maximum Gasteiger partial charge on any atom is 0.272 e. The van der Waals surface area contributed by atoms with Gasteiger partial charge in [-0.1, -0.05) is 35.9 Å². The van der Waals surface area contributed by atoms with Crippen LogP contribution < -0.4 is 10.3 Å². The predicted octanol–water partition coefficient (Wildman–Crippen LogP) is 3.17. The first-order valence-electron chi connectivity index (χ1n) is 6.43. The monoisotopic (exact) mass is 301 g/mol. The first-order valence-corrected chi connectivity index (χ1v) is 6.81. The van der Waals surface area contributed by atoms with E-state index in [1.807, 2.05) is 43.3 Å². The summed E-state index contributed by atoms with van der Waals surface area (Å²) in [5.74, 6) is -0.332. The summed E-state index contributed by atoms with van der Waals surface area (Å²) in [4.78, 5) is 13.9. The molecule has 2 aromatic rings. The molecule has 0 unspecified atom stereocenters. The Balaban J connectivity index is 1.99. The van der Waals surface area contributed by atoms with Crippen LogP contribution in [-0.2, 0) is 0 Å². The highest BCUT2D eigenvalue weighted by molar-refractivity contribution is 6.33. The third-order valence-corrected chi connectivity index (χ3v) is 3.24. The van der Waals surface area contributed by atoms with Gasteiger partial charge in [0.25, 0.3) is 5.91 Å². The first kappa shape index (κ1) is 15.1. The van der Waals surface area contributed by atoms with E-state index < -0.39 is 0 Å². The van der Waals surface area contributed by atoms with Crippen molar-refractivity contribution in [3.8, 4) is 0 Å². The van der Waals surface area contributed by atoms with Crippen LogP contribution in [0.5, 0.6) is 0 Å². The SMILES string of the molecule is CN(C)c1ccc(/C=N\NC(=O)c2ccccc2Cl)cc1. The van der Waals surface area contributed by atoms with Gasteiger partial charge in [0.2, 0.25) is 0 Å². The van der Waals surface area contributed by atoms with Crippen molar-refractivity contribution in [2.75, 3.05) is 19.0 Å². The minimum Gasteiger partial charge on any atom is -0.378 e. The number of amides is 1. The number of anilines is 1. The second kappa shape index (κ2) is 6.90. The van der Waals surface area contributed by atoms with Crippen molar-refractivity contribution in [2.24, 2.45) is 5.10 Å². The number of carbonyl (C=O) groups is 1. The highest BCUT2D eigenvalue weighted by Crippen LogP contribution is 2.14. The molecule has 5 heteroatoms. The van der Waals surface area contributed by atoms with E-state index in [1.54, 1.807) is 30.5 Å². The van der Waals surface area contributed by atoms with Crippen LogP contribution in [0.25, 0.3) is 0 Å². The van der Waals surface area contributed by atoms with Gasteiger partial charge in [-0.15, -0.1) is 0 Å². The molecule has 0 radical (unpaired) electrons. The smallest absolute Gasteiger partial charge is 0.272 e. The normalized spacial score (nSPS) is 10.6. The molecule has 4 nitrogen and oxygen atoms in total. The molecule has 0 aliphatic heterocycles. The van der Waals surface area contributed by atoms with Crippen molar-refractivity contribution in [3.05, 3.63) is 64.7 Å². The Labute approximate surface area is 129 Å². The summed E-state index contributed by atoms with van der Waals surface area (Å²) in [7, 11) is 3.96. The molecule has 0 spiro atoms. The Morgan fingerprint density at radius 3 is 2.43 bits per heavy atom. The van der Waals surface area contributed by atoms with Crippen LogP contribution in [0, 0.1) is 0 Å². The van der Waals surface area contributed by atoms with Gasteiger partial charge in [-0.25, -0.2) is 5.43 Å². The number of benzene rings is 2. The van der Waals surface area contributed by atoms with E-state index in [2.05, 4.69) is 10.5 Å². The number of nitrogens with one attached hydrogen (secondary N) is 1. The number of hydrazone groups is 1. The predicted molar refractivity (Wildman–Crippen MR) is 87.3 cm³/mol. The standard InChI is InChI=1S/C16H16ClN3O/c1-20(2)13-9-7-12(8-10-13)11-18-19-16(21)14-5-3-4-6-15(14)17/h3-11H,1-2H3,(H,19,21)/b18-11-. The van der Waals surface area contributed by atoms with Gasteiger partial charge in [-0.2, -0.15) is 5.10 Å². The molecular weight excluding hydrogens is 286 g/mol. The Hall–Kier alpha value is -2.33. The van der Waals surface area contributed by atoms with Gasteiger partial charge < -0.3 is 4.90 Å². The number of carbonyl (C=O) groups excluding carboxylic acids is 1. The minimum atomic E-state index is -0.332. The molecule has 0 saturated heterocycles. The zero-order chi connectivity index (χ0) is 15.2. The number of halogens is 1. The zero-order valence-corrected chi connectivity index (χ0v) is 12.6. The summed E-state index contributed by atoms with van der Waals surface area (Å²) in [5, 5.41) is 4.34. The number of rotatable bonds is 4. The molecule has 21 heavy (non-hydrogen) atoms. The Kier molecular flexibility index (Phi) is 4.95. The van der Waals surface area contributed by atoms with Crippen LogP contribution in [0.15, 0.2) is 53.6 Å². The van der Waals surface area contributed by atoms with Gasteiger partial charge in [0, 0.05) is 19.8 Å². The Morgan fingerprint density at radius 2 is 1.81 bits per heavy atom. The fraction of sp³-hybridized carbons (Fsp3) is 0.125. The van der Waals surface area contributed by atoms with Crippen LogP contribution in [0.4, 0.5) is 5.69 Å². The summed E-state index contributed by atoms with van der Waals surface area (Å²) in [6.07, 6.45) is 1.59. The highest BCUT2D eigenvalue weighted by atomic mass is 35.5. The zero-order valence-electron chi connectivity index (χ0n) is 11.9. The molecular formula is C16H16ClN3O. The van der Waals surface area contributed by atoms with E-state index >= 15 is 0 Å². The molecule has 2 aromatic carbocycles. The van der Waals surface area contributed by atoms with Gasteiger partial charge >= 0.3 is 0 Å². The minimum absolute atomic E-state index is 0.332. The number of nitrogens with zero attached hydrogens (tertiary/aromatic N) is 2. The van der Waals surface area contributed by atoms with Gasteiger partial charge in [0.05, 0.1) is 16.8 Å². The van der Waals surface area contributed by atoms with E-state index in [0.717, 1.165) is 11.3 Å². The third-order valence-electron chi connectivity index (χ3n) is 2.91. The lowest BCUT2D eigenvalue weighted by Crippen LogP contribution is -2.17. The Bertz CT molecular complexity index is 651. The van der Waals surface area contributed by atoms with Crippen molar-refractivity contribution in [1.29, 1.82) is 0 Å². The molecule has 108 valence electrons. The van der Waals surface area contributed by atoms with Crippen molar-refractivity contribution >= 4 is 29.4 Å². The average molecular weight is 302 g/mol. The quantitative estimate of drug-likeness (QED) is 0.696. The molecule has 0 aliphatic carbocycles. The van der Waals surface area contributed by atoms with Crippen LogP contribution >= 0.6 is 11.6 Å². The second-order valence-electron chi connectivity index (χ2n) is 4.66.